The predicted octanol–water partition coefficient (Wildman–Crippen LogP) is 19.2. The van der Waals surface area contributed by atoms with Crippen molar-refractivity contribution in [3.05, 3.63) is 12.2 Å². The van der Waals surface area contributed by atoms with Crippen LogP contribution in [0.5, 0.6) is 0 Å². The van der Waals surface area contributed by atoms with Crippen LogP contribution in [0.3, 0.4) is 0 Å². The number of aliphatic hydroxyl groups is 2. The average molecular weight is 961 g/mol. The van der Waals surface area contributed by atoms with E-state index in [4.69, 9.17) is 4.74 Å². The van der Waals surface area contributed by atoms with Crippen LogP contribution < -0.4 is 5.32 Å². The Morgan fingerprint density at radius 3 is 1.00 bits per heavy atom. The summed E-state index contributed by atoms with van der Waals surface area (Å²) in [6.45, 7) is 4.92. The van der Waals surface area contributed by atoms with Gasteiger partial charge in [0, 0.05) is 12.8 Å². The number of hydrogen-bond donors (Lipinski definition) is 3. The lowest BCUT2D eigenvalue weighted by atomic mass is 10.0. The van der Waals surface area contributed by atoms with Gasteiger partial charge in [0.1, 0.15) is 0 Å². The second-order valence-electron chi connectivity index (χ2n) is 21.4. The summed E-state index contributed by atoms with van der Waals surface area (Å²) < 4.78 is 5.50. The second kappa shape index (κ2) is 58.2. The van der Waals surface area contributed by atoms with Crippen LogP contribution in [-0.4, -0.2) is 47.4 Å². The highest BCUT2D eigenvalue weighted by Crippen LogP contribution is 2.18. The van der Waals surface area contributed by atoms with Gasteiger partial charge in [-0.05, 0) is 32.1 Å². The molecule has 68 heavy (non-hydrogen) atoms. The summed E-state index contributed by atoms with van der Waals surface area (Å²) in [5.74, 6) is -0.0516. The van der Waals surface area contributed by atoms with Crippen molar-refractivity contribution >= 4 is 11.9 Å². The normalized spacial score (nSPS) is 12.6. The Hall–Kier alpha value is -1.40. The van der Waals surface area contributed by atoms with Crippen LogP contribution in [0.2, 0.25) is 0 Å². The molecule has 404 valence electrons. The number of hydrogen-bond acceptors (Lipinski definition) is 5. The zero-order valence-corrected chi connectivity index (χ0v) is 46.1. The van der Waals surface area contributed by atoms with Gasteiger partial charge in [-0.25, -0.2) is 0 Å². The molecule has 2 unspecified atom stereocenters. The number of aliphatic hydroxyl groups excluding tert-OH is 2. The smallest absolute Gasteiger partial charge is 0.305 e. The molecular weight excluding hydrogens is 839 g/mol. The molecule has 0 heterocycles. The summed E-state index contributed by atoms with van der Waals surface area (Å²) in [5.41, 5.74) is 0. The summed E-state index contributed by atoms with van der Waals surface area (Å²) in [6.07, 6.45) is 69.7. The number of unbranched alkanes of at least 4 members (excludes halogenated alkanes) is 47. The number of allylic oxidation sites excluding steroid dienone is 1. The maximum absolute atomic E-state index is 12.4. The summed E-state index contributed by atoms with van der Waals surface area (Å²) in [5, 5.41) is 23.1. The Morgan fingerprint density at radius 1 is 0.397 bits per heavy atom. The van der Waals surface area contributed by atoms with Crippen LogP contribution in [0, 0.1) is 0 Å². The van der Waals surface area contributed by atoms with Gasteiger partial charge in [-0.1, -0.05) is 315 Å². The topological polar surface area (TPSA) is 95.9 Å². The van der Waals surface area contributed by atoms with Crippen LogP contribution in [0.25, 0.3) is 0 Å². The molecule has 0 fully saturated rings. The van der Waals surface area contributed by atoms with Crippen molar-refractivity contribution in [2.75, 3.05) is 13.2 Å². The number of ether oxygens (including phenoxy) is 1. The highest BCUT2D eigenvalue weighted by Gasteiger charge is 2.18. The Kier molecular flexibility index (Phi) is 57.0. The zero-order chi connectivity index (χ0) is 49.3. The van der Waals surface area contributed by atoms with E-state index in [0.717, 1.165) is 38.5 Å². The molecule has 0 saturated heterocycles. The van der Waals surface area contributed by atoms with Gasteiger partial charge in [-0.2, -0.15) is 0 Å². The molecule has 0 aliphatic rings. The summed E-state index contributed by atoms with van der Waals surface area (Å²) >= 11 is 0. The molecule has 6 nitrogen and oxygen atoms in total. The third kappa shape index (κ3) is 53.9. The zero-order valence-electron chi connectivity index (χ0n) is 46.1. The summed E-state index contributed by atoms with van der Waals surface area (Å²) in [4.78, 5) is 24.5. The number of esters is 1. The lowest BCUT2D eigenvalue weighted by Gasteiger charge is -2.20. The van der Waals surface area contributed by atoms with E-state index in [9.17, 15) is 19.8 Å². The first kappa shape index (κ1) is 66.6. The van der Waals surface area contributed by atoms with Crippen LogP contribution in [-0.2, 0) is 14.3 Å². The van der Waals surface area contributed by atoms with Crippen molar-refractivity contribution < 1.29 is 24.5 Å². The standard InChI is InChI=1S/C62H121NO5/c1-3-5-7-9-11-13-15-17-18-24-28-32-36-40-44-48-52-56-62(67)68-57-53-49-45-41-37-33-29-26-23-21-19-20-22-25-27-31-35-39-43-47-51-55-61(66)63-59(58-64)60(65)54-50-46-42-38-34-30-16-14-12-10-8-6-4-2/h50,54,59-60,64-65H,3-49,51-53,55-58H2,1-2H3,(H,63,66)/b54-50+. The van der Waals surface area contributed by atoms with Gasteiger partial charge in [0.25, 0.3) is 0 Å². The van der Waals surface area contributed by atoms with Crippen LogP contribution in [0.4, 0.5) is 0 Å². The first-order valence-electron chi connectivity index (χ1n) is 31.0. The molecule has 2 atom stereocenters. The van der Waals surface area contributed by atoms with Crippen LogP contribution >= 0.6 is 0 Å². The average Bonchev–Trinajstić information content (AvgIpc) is 3.34. The SMILES string of the molecule is CCCCCCCCCCCCC/C=C/C(O)C(CO)NC(=O)CCCCCCCCCCCCCCCCCCCCCCCOC(=O)CCCCCCCCCCCCCCCCCCC. The van der Waals surface area contributed by atoms with E-state index >= 15 is 0 Å². The fraction of sp³-hybridized carbons (Fsp3) is 0.935. The van der Waals surface area contributed by atoms with Gasteiger partial charge in [-0.3, -0.25) is 9.59 Å². The molecule has 0 radical (unpaired) electrons. The highest BCUT2D eigenvalue weighted by atomic mass is 16.5. The van der Waals surface area contributed by atoms with E-state index in [-0.39, 0.29) is 18.5 Å². The minimum absolute atomic E-state index is 0.0159. The van der Waals surface area contributed by atoms with E-state index in [0.29, 0.717) is 19.4 Å². The maximum Gasteiger partial charge on any atom is 0.305 e. The minimum Gasteiger partial charge on any atom is -0.466 e. The van der Waals surface area contributed by atoms with Gasteiger partial charge in [0.2, 0.25) is 5.91 Å². The third-order valence-corrected chi connectivity index (χ3v) is 14.6. The first-order valence-corrected chi connectivity index (χ1v) is 31.0. The van der Waals surface area contributed by atoms with Gasteiger partial charge >= 0.3 is 5.97 Å². The lowest BCUT2D eigenvalue weighted by molar-refractivity contribution is -0.143. The van der Waals surface area contributed by atoms with Gasteiger partial charge in [0.15, 0.2) is 0 Å². The Bertz CT molecular complexity index is 1020. The molecule has 0 aliphatic heterocycles. The van der Waals surface area contributed by atoms with Gasteiger partial charge in [0.05, 0.1) is 25.4 Å². The van der Waals surface area contributed by atoms with E-state index in [1.54, 1.807) is 6.08 Å². The van der Waals surface area contributed by atoms with Crippen molar-refractivity contribution in [2.24, 2.45) is 0 Å². The van der Waals surface area contributed by atoms with E-state index < -0.39 is 12.1 Å². The molecular formula is C62H121NO5. The predicted molar refractivity (Wildman–Crippen MR) is 297 cm³/mol. The quantitative estimate of drug-likeness (QED) is 0.0321. The number of carbonyl (C=O) groups is 2. The fourth-order valence-electron chi connectivity index (χ4n) is 9.81. The third-order valence-electron chi connectivity index (χ3n) is 14.6. The Balaban J connectivity index is 3.37. The number of carbonyl (C=O) groups excluding carboxylic acids is 2. The molecule has 6 heteroatoms. The highest BCUT2D eigenvalue weighted by molar-refractivity contribution is 5.76. The Labute approximate surface area is 425 Å². The summed E-state index contributed by atoms with van der Waals surface area (Å²) in [6, 6.07) is -0.627. The molecule has 0 aromatic heterocycles. The monoisotopic (exact) mass is 960 g/mol. The molecule has 0 saturated carbocycles. The molecule has 0 aliphatic carbocycles. The Morgan fingerprint density at radius 2 is 0.676 bits per heavy atom. The molecule has 3 N–H and O–H groups in total. The molecule has 1 amide bonds. The van der Waals surface area contributed by atoms with Gasteiger partial charge in [-0.15, -0.1) is 0 Å². The first-order chi connectivity index (χ1) is 33.5. The van der Waals surface area contributed by atoms with Crippen molar-refractivity contribution in [1.29, 1.82) is 0 Å². The van der Waals surface area contributed by atoms with E-state index in [1.807, 2.05) is 6.08 Å². The second-order valence-corrected chi connectivity index (χ2v) is 21.4. The maximum atomic E-state index is 12.4. The fourth-order valence-corrected chi connectivity index (χ4v) is 9.81. The van der Waals surface area contributed by atoms with Crippen LogP contribution in [0.1, 0.15) is 348 Å². The molecule has 0 aromatic rings. The number of amides is 1. The van der Waals surface area contributed by atoms with E-state index in [2.05, 4.69) is 19.2 Å². The van der Waals surface area contributed by atoms with Crippen LogP contribution in [0.15, 0.2) is 12.2 Å². The van der Waals surface area contributed by atoms with Gasteiger partial charge < -0.3 is 20.3 Å². The van der Waals surface area contributed by atoms with Crippen molar-refractivity contribution in [1.82, 2.24) is 5.32 Å². The van der Waals surface area contributed by atoms with Crippen molar-refractivity contribution in [3.8, 4) is 0 Å². The van der Waals surface area contributed by atoms with E-state index in [1.165, 1.54) is 283 Å². The largest absolute Gasteiger partial charge is 0.466 e. The van der Waals surface area contributed by atoms with Crippen molar-refractivity contribution in [3.63, 3.8) is 0 Å². The summed E-state index contributed by atoms with van der Waals surface area (Å²) in [7, 11) is 0. The number of nitrogens with one attached hydrogen (secondary N) is 1. The molecule has 0 spiro atoms. The number of rotatable bonds is 58. The molecule has 0 bridgehead atoms. The lowest BCUT2D eigenvalue weighted by Crippen LogP contribution is -2.45. The van der Waals surface area contributed by atoms with Crippen molar-refractivity contribution in [2.45, 2.75) is 360 Å². The minimum atomic E-state index is -0.843. The molecule has 0 rings (SSSR count). The molecule has 0 aromatic carbocycles.